The molecule has 104 valence electrons. The average molecular weight is 285 g/mol. The van der Waals surface area contributed by atoms with Gasteiger partial charge in [-0.05, 0) is 31.0 Å². The molecule has 2 unspecified atom stereocenters. The summed E-state index contributed by atoms with van der Waals surface area (Å²) in [4.78, 5) is 9.76. The van der Waals surface area contributed by atoms with Crippen molar-refractivity contribution in [1.82, 2.24) is 15.3 Å². The van der Waals surface area contributed by atoms with E-state index >= 15 is 0 Å². The first-order valence-corrected chi connectivity index (χ1v) is 7.99. The van der Waals surface area contributed by atoms with Gasteiger partial charge in [0.15, 0.2) is 0 Å². The van der Waals surface area contributed by atoms with Crippen molar-refractivity contribution in [3.8, 4) is 0 Å². The van der Waals surface area contributed by atoms with Crippen molar-refractivity contribution < 1.29 is 0 Å². The Kier molecular flexibility index (Phi) is 4.33. The van der Waals surface area contributed by atoms with Gasteiger partial charge >= 0.3 is 0 Å². The van der Waals surface area contributed by atoms with Crippen LogP contribution in [-0.2, 0) is 6.42 Å². The van der Waals surface area contributed by atoms with Gasteiger partial charge in [0.05, 0.1) is 0 Å². The summed E-state index contributed by atoms with van der Waals surface area (Å²) >= 11 is 1.97. The molecule has 3 rings (SSSR count). The minimum Gasteiger partial charge on any atom is -0.309 e. The van der Waals surface area contributed by atoms with Crippen LogP contribution in [0.5, 0.6) is 0 Å². The summed E-state index contributed by atoms with van der Waals surface area (Å²) < 4.78 is 0. The zero-order valence-corrected chi connectivity index (χ0v) is 12.4. The Morgan fingerprint density at radius 1 is 1.30 bits per heavy atom. The Morgan fingerprint density at radius 3 is 2.85 bits per heavy atom. The highest BCUT2D eigenvalue weighted by atomic mass is 32.2. The highest BCUT2D eigenvalue weighted by Crippen LogP contribution is 2.42. The van der Waals surface area contributed by atoms with Crippen LogP contribution in [0.2, 0.25) is 0 Å². The topological polar surface area (TPSA) is 37.8 Å². The lowest BCUT2D eigenvalue weighted by Gasteiger charge is -2.24. The molecule has 1 aromatic carbocycles. The van der Waals surface area contributed by atoms with Crippen LogP contribution in [0.15, 0.2) is 47.9 Å². The lowest BCUT2D eigenvalue weighted by molar-refractivity contribution is 0.511. The second kappa shape index (κ2) is 6.37. The number of rotatable bonds is 5. The maximum absolute atomic E-state index is 4.17. The van der Waals surface area contributed by atoms with Crippen molar-refractivity contribution in [1.29, 1.82) is 0 Å². The Hall–Kier alpha value is -1.39. The standard InChI is InChI=1S/C16H19N3S/c1-2-7-19-16(13-9-17-11-18-10-13)15-8-12-5-3-4-6-14(12)20-15/h3-6,9-11,15-16,19H,2,7-8H2,1H3. The summed E-state index contributed by atoms with van der Waals surface area (Å²) in [6, 6.07) is 9.02. The van der Waals surface area contributed by atoms with Gasteiger partial charge in [-0.15, -0.1) is 11.8 Å². The summed E-state index contributed by atoms with van der Waals surface area (Å²) in [5.41, 5.74) is 2.65. The number of aromatic nitrogens is 2. The monoisotopic (exact) mass is 285 g/mol. The number of benzene rings is 1. The number of thioether (sulfide) groups is 1. The zero-order valence-electron chi connectivity index (χ0n) is 11.6. The SMILES string of the molecule is CCCNC(c1cncnc1)C1Cc2ccccc2S1. The van der Waals surface area contributed by atoms with Crippen molar-refractivity contribution in [2.75, 3.05) is 6.54 Å². The van der Waals surface area contributed by atoms with Gasteiger partial charge in [-0.3, -0.25) is 0 Å². The third-order valence-corrected chi connectivity index (χ3v) is 4.99. The van der Waals surface area contributed by atoms with E-state index in [-0.39, 0.29) is 0 Å². The number of fused-ring (bicyclic) bond motifs is 1. The molecule has 0 bridgehead atoms. The fraction of sp³-hybridized carbons (Fsp3) is 0.375. The number of hydrogen-bond acceptors (Lipinski definition) is 4. The minimum absolute atomic E-state index is 0.313. The number of hydrogen-bond donors (Lipinski definition) is 1. The zero-order chi connectivity index (χ0) is 13.8. The first kappa shape index (κ1) is 13.6. The average Bonchev–Trinajstić information content (AvgIpc) is 2.92. The lowest BCUT2D eigenvalue weighted by Crippen LogP contribution is -2.31. The molecule has 0 spiro atoms. The number of nitrogens with one attached hydrogen (secondary N) is 1. The van der Waals surface area contributed by atoms with Crippen molar-refractivity contribution in [2.24, 2.45) is 0 Å². The van der Waals surface area contributed by atoms with Crippen LogP contribution in [0.4, 0.5) is 0 Å². The molecule has 0 aliphatic carbocycles. The van der Waals surface area contributed by atoms with Crippen LogP contribution in [-0.4, -0.2) is 21.8 Å². The van der Waals surface area contributed by atoms with E-state index in [2.05, 4.69) is 46.5 Å². The van der Waals surface area contributed by atoms with E-state index in [1.165, 1.54) is 16.0 Å². The quantitative estimate of drug-likeness (QED) is 0.915. The molecule has 0 radical (unpaired) electrons. The van der Waals surface area contributed by atoms with Crippen LogP contribution in [0, 0.1) is 0 Å². The predicted molar refractivity (Wildman–Crippen MR) is 82.9 cm³/mol. The summed E-state index contributed by atoms with van der Waals surface area (Å²) in [5, 5.41) is 4.18. The maximum atomic E-state index is 4.17. The maximum Gasteiger partial charge on any atom is 0.115 e. The normalized spacial score (nSPS) is 18.8. The molecule has 0 saturated carbocycles. The summed E-state index contributed by atoms with van der Waals surface area (Å²) in [6.45, 7) is 3.22. The Morgan fingerprint density at radius 2 is 2.10 bits per heavy atom. The second-order valence-electron chi connectivity index (χ2n) is 5.07. The molecule has 20 heavy (non-hydrogen) atoms. The Balaban J connectivity index is 1.81. The van der Waals surface area contributed by atoms with Gasteiger partial charge in [0.25, 0.3) is 0 Å². The van der Waals surface area contributed by atoms with Crippen LogP contribution >= 0.6 is 11.8 Å². The van der Waals surface area contributed by atoms with Gasteiger partial charge in [-0.25, -0.2) is 9.97 Å². The molecule has 1 aliphatic rings. The van der Waals surface area contributed by atoms with E-state index in [1.54, 1.807) is 6.33 Å². The number of nitrogens with zero attached hydrogens (tertiary/aromatic N) is 2. The molecule has 3 nitrogen and oxygen atoms in total. The molecule has 1 N–H and O–H groups in total. The Labute approximate surface area is 124 Å². The molecule has 2 atom stereocenters. The van der Waals surface area contributed by atoms with Crippen LogP contribution in [0.25, 0.3) is 0 Å². The van der Waals surface area contributed by atoms with Crippen LogP contribution in [0.3, 0.4) is 0 Å². The molecule has 0 amide bonds. The predicted octanol–water partition coefficient (Wildman–Crippen LogP) is 3.23. The third kappa shape index (κ3) is 2.86. The molecule has 4 heteroatoms. The second-order valence-corrected chi connectivity index (χ2v) is 6.35. The molecule has 0 saturated heterocycles. The highest BCUT2D eigenvalue weighted by Gasteiger charge is 2.30. The van der Waals surface area contributed by atoms with E-state index in [0.717, 1.165) is 19.4 Å². The first-order chi connectivity index (χ1) is 9.88. The van der Waals surface area contributed by atoms with Crippen molar-refractivity contribution in [3.63, 3.8) is 0 Å². The van der Waals surface area contributed by atoms with E-state index in [1.807, 2.05) is 24.2 Å². The third-order valence-electron chi connectivity index (χ3n) is 3.60. The molecule has 0 fully saturated rings. The minimum atomic E-state index is 0.313. The van der Waals surface area contributed by atoms with Gasteiger partial charge in [0.1, 0.15) is 6.33 Å². The first-order valence-electron chi connectivity index (χ1n) is 7.11. The highest BCUT2D eigenvalue weighted by molar-refractivity contribution is 8.00. The van der Waals surface area contributed by atoms with Crippen LogP contribution in [0.1, 0.15) is 30.5 Å². The van der Waals surface area contributed by atoms with Crippen molar-refractivity contribution in [2.45, 2.75) is 36.0 Å². The van der Waals surface area contributed by atoms with Crippen molar-refractivity contribution in [3.05, 3.63) is 54.1 Å². The summed E-state index contributed by atoms with van der Waals surface area (Å²) in [5.74, 6) is 0. The molecule has 2 heterocycles. The molecular weight excluding hydrogens is 266 g/mol. The smallest absolute Gasteiger partial charge is 0.115 e. The van der Waals surface area contributed by atoms with E-state index in [0.29, 0.717) is 11.3 Å². The summed E-state index contributed by atoms with van der Waals surface area (Å²) in [7, 11) is 0. The largest absolute Gasteiger partial charge is 0.309 e. The molecule has 1 aliphatic heterocycles. The fourth-order valence-electron chi connectivity index (χ4n) is 2.63. The fourth-order valence-corrected chi connectivity index (χ4v) is 4.07. The van der Waals surface area contributed by atoms with Gasteiger partial charge in [0, 0.05) is 34.1 Å². The van der Waals surface area contributed by atoms with E-state index < -0.39 is 0 Å². The molecule has 2 aromatic rings. The van der Waals surface area contributed by atoms with Gasteiger partial charge < -0.3 is 5.32 Å². The van der Waals surface area contributed by atoms with Gasteiger partial charge in [0.2, 0.25) is 0 Å². The van der Waals surface area contributed by atoms with E-state index in [4.69, 9.17) is 0 Å². The van der Waals surface area contributed by atoms with E-state index in [9.17, 15) is 0 Å². The lowest BCUT2D eigenvalue weighted by atomic mass is 10.0. The van der Waals surface area contributed by atoms with Crippen molar-refractivity contribution >= 4 is 11.8 Å². The van der Waals surface area contributed by atoms with Gasteiger partial charge in [-0.1, -0.05) is 25.1 Å². The Bertz CT molecular complexity index is 534. The van der Waals surface area contributed by atoms with Gasteiger partial charge in [-0.2, -0.15) is 0 Å². The van der Waals surface area contributed by atoms with Crippen LogP contribution < -0.4 is 5.32 Å². The summed E-state index contributed by atoms with van der Waals surface area (Å²) in [6.07, 6.45) is 7.70. The molecular formula is C16H19N3S. The molecule has 1 aromatic heterocycles.